The van der Waals surface area contributed by atoms with E-state index in [1.807, 2.05) is 6.07 Å². The number of thiazole rings is 1. The van der Waals surface area contributed by atoms with Gasteiger partial charge in [0.05, 0.1) is 5.69 Å². The molecule has 1 fully saturated rings. The number of hydrogen-bond acceptors (Lipinski definition) is 5. The van der Waals surface area contributed by atoms with Crippen LogP contribution in [0.25, 0.3) is 0 Å². The molecule has 0 aliphatic carbocycles. The van der Waals surface area contributed by atoms with E-state index in [1.165, 1.54) is 20.8 Å². The highest BCUT2D eigenvalue weighted by molar-refractivity contribution is 8.15. The second-order valence-corrected chi connectivity index (χ2v) is 5.79. The minimum Gasteiger partial charge on any atom is -0.302 e. The van der Waals surface area contributed by atoms with E-state index in [2.05, 4.69) is 0 Å². The average molecular weight is 291 g/mol. The van der Waals surface area contributed by atoms with Crippen LogP contribution in [0.2, 0.25) is 0 Å². The number of para-hydroxylation sites is 1. The number of anilines is 1. The predicted molar refractivity (Wildman–Crippen MR) is 74.1 cm³/mol. The molecule has 1 N–H and O–H groups in total. The van der Waals surface area contributed by atoms with E-state index in [0.29, 0.717) is 5.69 Å². The molecule has 19 heavy (non-hydrogen) atoms. The molecule has 0 saturated carbocycles. The van der Waals surface area contributed by atoms with Gasteiger partial charge in [-0.15, -0.1) is 11.3 Å². The van der Waals surface area contributed by atoms with Crippen LogP contribution in [0.15, 0.2) is 41.9 Å². The lowest BCUT2D eigenvalue weighted by Crippen LogP contribution is -2.32. The fourth-order valence-corrected chi connectivity index (χ4v) is 3.52. The Kier molecular flexibility index (Phi) is 3.00. The largest absolute Gasteiger partial charge is 0.302 e. The first-order valence-corrected chi connectivity index (χ1v) is 7.24. The SMILES string of the molecule is N=c1sccn1C1SC(=O)N(c2ccccc2)C1=O. The van der Waals surface area contributed by atoms with Gasteiger partial charge in [0.25, 0.3) is 11.1 Å². The Morgan fingerprint density at radius 1 is 1.16 bits per heavy atom. The van der Waals surface area contributed by atoms with Gasteiger partial charge in [-0.25, -0.2) is 4.90 Å². The van der Waals surface area contributed by atoms with Crippen molar-refractivity contribution in [1.82, 2.24) is 4.57 Å². The molecule has 0 spiro atoms. The average Bonchev–Trinajstić information content (AvgIpc) is 2.94. The van der Waals surface area contributed by atoms with Crippen molar-refractivity contribution < 1.29 is 9.59 Å². The number of benzene rings is 1. The fourth-order valence-electron chi connectivity index (χ4n) is 1.86. The number of amides is 2. The molecule has 1 atom stereocenters. The third-order valence-electron chi connectivity index (χ3n) is 2.73. The summed E-state index contributed by atoms with van der Waals surface area (Å²) in [5.41, 5.74) is 0.565. The zero-order valence-corrected chi connectivity index (χ0v) is 11.3. The summed E-state index contributed by atoms with van der Waals surface area (Å²) in [5.74, 6) is -0.307. The summed E-state index contributed by atoms with van der Waals surface area (Å²) in [6, 6.07) is 8.83. The Morgan fingerprint density at radius 3 is 2.53 bits per heavy atom. The zero-order valence-electron chi connectivity index (χ0n) is 9.65. The number of carbonyl (C=O) groups is 2. The summed E-state index contributed by atoms with van der Waals surface area (Å²) >= 11 is 2.16. The molecule has 96 valence electrons. The van der Waals surface area contributed by atoms with Gasteiger partial charge >= 0.3 is 0 Å². The molecule has 1 unspecified atom stereocenters. The number of carbonyl (C=O) groups excluding carboxylic acids is 2. The minimum absolute atomic E-state index is 0.258. The van der Waals surface area contributed by atoms with Crippen molar-refractivity contribution in [3.8, 4) is 0 Å². The number of nitrogens with zero attached hydrogens (tertiary/aromatic N) is 2. The van der Waals surface area contributed by atoms with E-state index in [1.54, 1.807) is 35.8 Å². The zero-order chi connectivity index (χ0) is 13.4. The molecular formula is C12H9N3O2S2. The smallest absolute Gasteiger partial charge is 0.295 e. The van der Waals surface area contributed by atoms with Crippen LogP contribution in [-0.2, 0) is 4.79 Å². The molecule has 3 rings (SSSR count). The van der Waals surface area contributed by atoms with Crippen molar-refractivity contribution in [3.05, 3.63) is 46.7 Å². The van der Waals surface area contributed by atoms with Gasteiger partial charge in [0, 0.05) is 11.6 Å². The van der Waals surface area contributed by atoms with E-state index >= 15 is 0 Å². The monoisotopic (exact) mass is 291 g/mol. The molecule has 2 amide bonds. The van der Waals surface area contributed by atoms with E-state index in [0.717, 1.165) is 11.8 Å². The maximum Gasteiger partial charge on any atom is 0.295 e. The standard InChI is InChI=1S/C12H9N3O2S2/c13-11-14(6-7-18-11)10-9(16)15(12(17)19-10)8-4-2-1-3-5-8/h1-7,10,13H. The van der Waals surface area contributed by atoms with Gasteiger partial charge < -0.3 is 4.57 Å². The van der Waals surface area contributed by atoms with Crippen LogP contribution in [0.3, 0.4) is 0 Å². The van der Waals surface area contributed by atoms with Gasteiger partial charge in [-0.05, 0) is 23.9 Å². The Morgan fingerprint density at radius 2 is 1.89 bits per heavy atom. The Hall–Kier alpha value is -1.86. The summed E-state index contributed by atoms with van der Waals surface area (Å²) < 4.78 is 1.51. The van der Waals surface area contributed by atoms with E-state index < -0.39 is 5.37 Å². The first kappa shape index (κ1) is 12.2. The van der Waals surface area contributed by atoms with Gasteiger partial charge in [-0.2, -0.15) is 0 Å². The molecule has 0 bridgehead atoms. The van der Waals surface area contributed by atoms with Crippen LogP contribution in [0, 0.1) is 5.41 Å². The normalized spacial score (nSPS) is 19.2. The fraction of sp³-hybridized carbons (Fsp3) is 0.0833. The summed E-state index contributed by atoms with van der Waals surface area (Å²) in [6.07, 6.45) is 1.66. The highest BCUT2D eigenvalue weighted by atomic mass is 32.2. The van der Waals surface area contributed by atoms with Crippen molar-refractivity contribution in [3.63, 3.8) is 0 Å². The highest BCUT2D eigenvalue weighted by Crippen LogP contribution is 2.37. The van der Waals surface area contributed by atoms with Crippen molar-refractivity contribution >= 4 is 39.9 Å². The summed E-state index contributed by atoms with van der Waals surface area (Å²) in [6.45, 7) is 0. The summed E-state index contributed by atoms with van der Waals surface area (Å²) in [5, 5.41) is 8.48. The molecule has 1 aromatic heterocycles. The van der Waals surface area contributed by atoms with Crippen LogP contribution in [0.5, 0.6) is 0 Å². The van der Waals surface area contributed by atoms with Crippen molar-refractivity contribution in [1.29, 1.82) is 5.41 Å². The molecule has 1 saturated heterocycles. The van der Waals surface area contributed by atoms with Crippen molar-refractivity contribution in [2.24, 2.45) is 0 Å². The highest BCUT2D eigenvalue weighted by Gasteiger charge is 2.41. The lowest BCUT2D eigenvalue weighted by molar-refractivity contribution is -0.118. The van der Waals surface area contributed by atoms with Crippen molar-refractivity contribution in [2.45, 2.75) is 5.37 Å². The predicted octanol–water partition coefficient (Wildman–Crippen LogP) is 2.43. The third-order valence-corrected chi connectivity index (χ3v) is 4.46. The van der Waals surface area contributed by atoms with Crippen LogP contribution in [0.1, 0.15) is 5.37 Å². The second-order valence-electron chi connectivity index (χ2n) is 3.86. The lowest BCUT2D eigenvalue weighted by atomic mass is 10.3. The third kappa shape index (κ3) is 2.00. The number of aromatic nitrogens is 1. The maximum atomic E-state index is 12.4. The van der Waals surface area contributed by atoms with Crippen LogP contribution in [-0.4, -0.2) is 15.7 Å². The van der Waals surface area contributed by atoms with E-state index in [9.17, 15) is 9.59 Å². The van der Waals surface area contributed by atoms with Crippen molar-refractivity contribution in [2.75, 3.05) is 4.90 Å². The number of nitrogens with one attached hydrogen (secondary N) is 1. The van der Waals surface area contributed by atoms with Gasteiger partial charge in [0.2, 0.25) is 0 Å². The molecule has 0 radical (unpaired) electrons. The molecular weight excluding hydrogens is 282 g/mol. The van der Waals surface area contributed by atoms with E-state index in [4.69, 9.17) is 5.41 Å². The number of imide groups is 1. The molecule has 1 aromatic carbocycles. The molecule has 5 nitrogen and oxygen atoms in total. The number of rotatable bonds is 2. The molecule has 2 heterocycles. The van der Waals surface area contributed by atoms with Gasteiger partial charge in [0.1, 0.15) is 0 Å². The molecule has 1 aliphatic rings. The summed E-state index contributed by atoms with van der Waals surface area (Å²) in [4.78, 5) is 25.8. The molecule has 2 aromatic rings. The van der Waals surface area contributed by atoms with Gasteiger partial charge in [0.15, 0.2) is 10.2 Å². The van der Waals surface area contributed by atoms with E-state index in [-0.39, 0.29) is 15.9 Å². The summed E-state index contributed by atoms with van der Waals surface area (Å²) in [7, 11) is 0. The second kappa shape index (κ2) is 4.67. The topological polar surface area (TPSA) is 66.2 Å². The molecule has 7 heteroatoms. The first-order valence-electron chi connectivity index (χ1n) is 5.48. The maximum absolute atomic E-state index is 12.4. The van der Waals surface area contributed by atoms with Crippen LogP contribution in [0.4, 0.5) is 10.5 Å². The quantitative estimate of drug-likeness (QED) is 0.924. The Balaban J connectivity index is 1.99. The first-order chi connectivity index (χ1) is 9.18. The lowest BCUT2D eigenvalue weighted by Gasteiger charge is -2.13. The molecule has 1 aliphatic heterocycles. The van der Waals surface area contributed by atoms with Crippen LogP contribution < -0.4 is 9.70 Å². The Labute approximate surface area is 117 Å². The van der Waals surface area contributed by atoms with Crippen LogP contribution >= 0.6 is 23.1 Å². The Bertz CT molecular complexity index is 692. The number of hydrogen-bond donors (Lipinski definition) is 1. The minimum atomic E-state index is -0.675. The van der Waals surface area contributed by atoms with Gasteiger partial charge in [-0.1, -0.05) is 18.2 Å². The van der Waals surface area contributed by atoms with Gasteiger partial charge in [-0.3, -0.25) is 15.0 Å². The number of thioether (sulfide) groups is 1.